The Morgan fingerprint density at radius 1 is 1.20 bits per heavy atom. The zero-order valence-corrected chi connectivity index (χ0v) is 13.8. The topological polar surface area (TPSA) is 30.5 Å². The SMILES string of the molecule is CCCCCCC(C)OCC(NCCC)C1CCOC1. The van der Waals surface area contributed by atoms with Crippen LogP contribution in [0.4, 0.5) is 0 Å². The molecule has 1 saturated heterocycles. The first-order valence-corrected chi connectivity index (χ1v) is 8.70. The van der Waals surface area contributed by atoms with Crippen LogP contribution >= 0.6 is 0 Å². The van der Waals surface area contributed by atoms with Crippen molar-refractivity contribution in [3.05, 3.63) is 0 Å². The summed E-state index contributed by atoms with van der Waals surface area (Å²) in [5, 5.41) is 3.64. The molecule has 1 fully saturated rings. The van der Waals surface area contributed by atoms with Gasteiger partial charge in [-0.25, -0.2) is 0 Å². The number of ether oxygens (including phenoxy) is 2. The first-order valence-electron chi connectivity index (χ1n) is 8.70. The van der Waals surface area contributed by atoms with Crippen LogP contribution in [0.5, 0.6) is 0 Å². The third-order valence-corrected chi connectivity index (χ3v) is 4.21. The van der Waals surface area contributed by atoms with E-state index in [-0.39, 0.29) is 0 Å². The van der Waals surface area contributed by atoms with Crippen molar-refractivity contribution in [3.63, 3.8) is 0 Å². The monoisotopic (exact) mass is 285 g/mol. The van der Waals surface area contributed by atoms with Gasteiger partial charge in [-0.1, -0.05) is 39.5 Å². The van der Waals surface area contributed by atoms with E-state index < -0.39 is 0 Å². The van der Waals surface area contributed by atoms with Crippen LogP contribution in [0.1, 0.15) is 65.7 Å². The predicted molar refractivity (Wildman–Crippen MR) is 85.2 cm³/mol. The lowest BCUT2D eigenvalue weighted by Crippen LogP contribution is -2.41. The Morgan fingerprint density at radius 3 is 2.70 bits per heavy atom. The lowest BCUT2D eigenvalue weighted by molar-refractivity contribution is 0.0301. The lowest BCUT2D eigenvalue weighted by Gasteiger charge is -2.25. The van der Waals surface area contributed by atoms with Gasteiger partial charge in [0.05, 0.1) is 19.3 Å². The van der Waals surface area contributed by atoms with Gasteiger partial charge in [0.25, 0.3) is 0 Å². The smallest absolute Gasteiger partial charge is 0.0626 e. The molecule has 1 aliphatic heterocycles. The molecule has 1 aliphatic rings. The minimum Gasteiger partial charge on any atom is -0.381 e. The third kappa shape index (κ3) is 7.61. The fraction of sp³-hybridized carbons (Fsp3) is 1.00. The van der Waals surface area contributed by atoms with Crippen molar-refractivity contribution in [2.75, 3.05) is 26.4 Å². The Balaban J connectivity index is 2.18. The van der Waals surface area contributed by atoms with E-state index in [1.54, 1.807) is 0 Å². The van der Waals surface area contributed by atoms with Gasteiger partial charge in [-0.2, -0.15) is 0 Å². The maximum atomic E-state index is 6.08. The predicted octanol–water partition coefficient (Wildman–Crippen LogP) is 3.77. The molecule has 0 aromatic carbocycles. The molecule has 0 aliphatic carbocycles. The first-order chi connectivity index (χ1) is 9.77. The van der Waals surface area contributed by atoms with Crippen LogP contribution < -0.4 is 5.32 Å². The number of unbranched alkanes of at least 4 members (excludes halogenated alkanes) is 3. The van der Waals surface area contributed by atoms with Crippen molar-refractivity contribution in [3.8, 4) is 0 Å². The Morgan fingerprint density at radius 2 is 2.05 bits per heavy atom. The quantitative estimate of drug-likeness (QED) is 0.554. The van der Waals surface area contributed by atoms with Gasteiger partial charge in [0.1, 0.15) is 0 Å². The van der Waals surface area contributed by atoms with E-state index in [2.05, 4.69) is 26.1 Å². The van der Waals surface area contributed by atoms with Gasteiger partial charge in [0, 0.05) is 18.6 Å². The van der Waals surface area contributed by atoms with Crippen molar-refractivity contribution in [1.82, 2.24) is 5.32 Å². The highest BCUT2D eigenvalue weighted by molar-refractivity contribution is 4.79. The summed E-state index contributed by atoms with van der Waals surface area (Å²) in [6.45, 7) is 10.4. The number of hydrogen-bond acceptors (Lipinski definition) is 3. The first kappa shape index (κ1) is 17.9. The van der Waals surface area contributed by atoms with E-state index in [4.69, 9.17) is 9.47 Å². The summed E-state index contributed by atoms with van der Waals surface area (Å²) in [4.78, 5) is 0. The summed E-state index contributed by atoms with van der Waals surface area (Å²) in [6, 6.07) is 0.468. The molecule has 0 saturated carbocycles. The normalized spacial score (nSPS) is 22.1. The second-order valence-corrected chi connectivity index (χ2v) is 6.18. The molecule has 3 unspecified atom stereocenters. The van der Waals surface area contributed by atoms with Gasteiger partial charge >= 0.3 is 0 Å². The maximum Gasteiger partial charge on any atom is 0.0626 e. The Hall–Kier alpha value is -0.120. The molecule has 1 heterocycles. The molecule has 1 N–H and O–H groups in total. The number of hydrogen-bond donors (Lipinski definition) is 1. The van der Waals surface area contributed by atoms with Crippen molar-refractivity contribution < 1.29 is 9.47 Å². The van der Waals surface area contributed by atoms with Crippen LogP contribution in [-0.2, 0) is 9.47 Å². The van der Waals surface area contributed by atoms with Crippen LogP contribution in [0.2, 0.25) is 0 Å². The molecule has 20 heavy (non-hydrogen) atoms. The highest BCUT2D eigenvalue weighted by Gasteiger charge is 2.25. The largest absolute Gasteiger partial charge is 0.381 e. The van der Waals surface area contributed by atoms with Crippen molar-refractivity contribution in [2.45, 2.75) is 77.9 Å². The molecule has 0 amide bonds. The fourth-order valence-corrected chi connectivity index (χ4v) is 2.77. The number of rotatable bonds is 12. The zero-order valence-electron chi connectivity index (χ0n) is 13.8. The summed E-state index contributed by atoms with van der Waals surface area (Å²) in [7, 11) is 0. The van der Waals surface area contributed by atoms with Crippen LogP contribution in [-0.4, -0.2) is 38.5 Å². The standard InChI is InChI=1S/C17H35NO2/c1-4-6-7-8-9-15(3)20-14-17(18-11-5-2)16-10-12-19-13-16/h15-18H,4-14H2,1-3H3. The molecular formula is C17H35NO2. The van der Waals surface area contributed by atoms with Gasteiger partial charge in [0.15, 0.2) is 0 Å². The molecule has 0 aromatic heterocycles. The lowest BCUT2D eigenvalue weighted by atomic mass is 9.99. The van der Waals surface area contributed by atoms with E-state index in [1.165, 1.54) is 44.9 Å². The fourth-order valence-electron chi connectivity index (χ4n) is 2.77. The van der Waals surface area contributed by atoms with Crippen molar-refractivity contribution in [1.29, 1.82) is 0 Å². The van der Waals surface area contributed by atoms with Crippen LogP contribution in [0, 0.1) is 5.92 Å². The molecule has 0 bridgehead atoms. The summed E-state index contributed by atoms with van der Waals surface area (Å²) >= 11 is 0. The van der Waals surface area contributed by atoms with Gasteiger partial charge in [-0.15, -0.1) is 0 Å². The van der Waals surface area contributed by atoms with Gasteiger partial charge in [0.2, 0.25) is 0 Å². The summed E-state index contributed by atoms with van der Waals surface area (Å²) < 4.78 is 11.6. The summed E-state index contributed by atoms with van der Waals surface area (Å²) in [5.74, 6) is 0.633. The van der Waals surface area contributed by atoms with Crippen molar-refractivity contribution in [2.24, 2.45) is 5.92 Å². The van der Waals surface area contributed by atoms with E-state index in [0.29, 0.717) is 18.1 Å². The van der Waals surface area contributed by atoms with Crippen LogP contribution in [0.15, 0.2) is 0 Å². The molecule has 3 nitrogen and oxygen atoms in total. The molecule has 3 heteroatoms. The van der Waals surface area contributed by atoms with E-state index >= 15 is 0 Å². The molecule has 0 aromatic rings. The molecular weight excluding hydrogens is 250 g/mol. The van der Waals surface area contributed by atoms with E-state index in [9.17, 15) is 0 Å². The molecule has 0 spiro atoms. The Kier molecular flexibility index (Phi) is 10.3. The molecule has 120 valence electrons. The Bertz CT molecular complexity index is 217. The van der Waals surface area contributed by atoms with Crippen LogP contribution in [0.3, 0.4) is 0 Å². The average Bonchev–Trinajstić information content (AvgIpc) is 2.98. The van der Waals surface area contributed by atoms with Gasteiger partial charge in [-0.3, -0.25) is 0 Å². The van der Waals surface area contributed by atoms with Gasteiger partial charge < -0.3 is 14.8 Å². The molecule has 1 rings (SSSR count). The second-order valence-electron chi connectivity index (χ2n) is 6.18. The molecule has 0 radical (unpaired) electrons. The third-order valence-electron chi connectivity index (χ3n) is 4.21. The Labute approximate surface area is 125 Å². The van der Waals surface area contributed by atoms with E-state index in [1.807, 2.05) is 0 Å². The van der Waals surface area contributed by atoms with Crippen molar-refractivity contribution >= 4 is 0 Å². The summed E-state index contributed by atoms with van der Waals surface area (Å²) in [6.07, 6.45) is 9.24. The minimum absolute atomic E-state index is 0.389. The van der Waals surface area contributed by atoms with Gasteiger partial charge in [-0.05, 0) is 32.7 Å². The highest BCUT2D eigenvalue weighted by atomic mass is 16.5. The molecule has 3 atom stereocenters. The second kappa shape index (κ2) is 11.5. The van der Waals surface area contributed by atoms with Crippen LogP contribution in [0.25, 0.3) is 0 Å². The zero-order chi connectivity index (χ0) is 14.6. The average molecular weight is 285 g/mol. The van der Waals surface area contributed by atoms with E-state index in [0.717, 1.165) is 26.4 Å². The number of nitrogens with one attached hydrogen (secondary N) is 1. The highest BCUT2D eigenvalue weighted by Crippen LogP contribution is 2.18. The maximum absolute atomic E-state index is 6.08. The minimum atomic E-state index is 0.389. The summed E-state index contributed by atoms with van der Waals surface area (Å²) in [5.41, 5.74) is 0.